The van der Waals surface area contributed by atoms with Gasteiger partial charge in [0, 0.05) is 18.2 Å². The van der Waals surface area contributed by atoms with Crippen molar-refractivity contribution in [1.82, 2.24) is 10.3 Å². The van der Waals surface area contributed by atoms with Crippen LogP contribution in [0.25, 0.3) is 0 Å². The number of aromatic hydroxyl groups is 1. The summed E-state index contributed by atoms with van der Waals surface area (Å²) in [5.41, 5.74) is 1.26. The Kier molecular flexibility index (Phi) is 3.25. The van der Waals surface area contributed by atoms with E-state index < -0.39 is 0 Å². The first kappa shape index (κ1) is 12.5. The zero-order valence-corrected chi connectivity index (χ0v) is 10.7. The van der Waals surface area contributed by atoms with E-state index in [4.69, 9.17) is 4.74 Å². The lowest BCUT2D eigenvalue weighted by Gasteiger charge is -2.25. The minimum absolute atomic E-state index is 0.139. The molecule has 0 bridgehead atoms. The number of carbonyl (C=O) groups excluding carboxylic acids is 1. The summed E-state index contributed by atoms with van der Waals surface area (Å²) in [4.78, 5) is 16.5. The van der Waals surface area contributed by atoms with Crippen molar-refractivity contribution < 1.29 is 14.6 Å². The molecule has 0 saturated carbocycles. The summed E-state index contributed by atoms with van der Waals surface area (Å²) in [7, 11) is 0. The summed E-state index contributed by atoms with van der Waals surface area (Å²) in [5.74, 6) is 0.669. The van der Waals surface area contributed by atoms with E-state index in [1.54, 1.807) is 18.3 Å². The molecule has 0 radical (unpaired) electrons. The highest BCUT2D eigenvalue weighted by Gasteiger charge is 2.24. The van der Waals surface area contributed by atoms with E-state index >= 15 is 0 Å². The van der Waals surface area contributed by atoms with Gasteiger partial charge in [0.1, 0.15) is 17.2 Å². The highest BCUT2D eigenvalue weighted by atomic mass is 16.5. The summed E-state index contributed by atoms with van der Waals surface area (Å²) in [6, 6.07) is 9.66. The fraction of sp³-hybridized carbons (Fsp3) is 0.200. The van der Waals surface area contributed by atoms with Gasteiger partial charge >= 0.3 is 0 Å². The number of nitrogens with one attached hydrogen (secondary N) is 1. The largest absolute Gasteiger partial charge is 0.508 e. The second-order valence-electron chi connectivity index (χ2n) is 4.60. The Morgan fingerprint density at radius 2 is 2.10 bits per heavy atom. The van der Waals surface area contributed by atoms with Gasteiger partial charge in [-0.25, -0.2) is 0 Å². The number of benzene rings is 1. The lowest BCUT2D eigenvalue weighted by atomic mass is 10.1. The number of phenolic OH excluding ortho intramolecular Hbond substituents is 1. The highest BCUT2D eigenvalue weighted by molar-refractivity contribution is 5.94. The minimum Gasteiger partial charge on any atom is -0.508 e. The van der Waals surface area contributed by atoms with E-state index in [0.717, 1.165) is 11.4 Å². The van der Waals surface area contributed by atoms with Crippen molar-refractivity contribution in [3.63, 3.8) is 0 Å². The van der Waals surface area contributed by atoms with Crippen LogP contribution in [0.4, 0.5) is 0 Å². The molecule has 5 heteroatoms. The van der Waals surface area contributed by atoms with E-state index in [0.29, 0.717) is 18.6 Å². The molecule has 2 heterocycles. The van der Waals surface area contributed by atoms with Crippen LogP contribution < -0.4 is 10.1 Å². The molecule has 1 aliphatic rings. The molecular formula is C15H14N2O3. The van der Waals surface area contributed by atoms with Gasteiger partial charge in [-0.3, -0.25) is 9.78 Å². The molecule has 1 aromatic heterocycles. The number of amides is 1. The predicted octanol–water partition coefficient (Wildman–Crippen LogP) is 2.04. The monoisotopic (exact) mass is 270 g/mol. The van der Waals surface area contributed by atoms with Crippen LogP contribution in [0.15, 0.2) is 42.6 Å². The molecule has 20 heavy (non-hydrogen) atoms. The minimum atomic E-state index is -0.187. The third-order valence-corrected chi connectivity index (χ3v) is 3.23. The summed E-state index contributed by atoms with van der Waals surface area (Å²) in [5, 5.41) is 12.2. The van der Waals surface area contributed by atoms with Crippen molar-refractivity contribution in [2.24, 2.45) is 0 Å². The number of carbonyl (C=O) groups is 1. The van der Waals surface area contributed by atoms with E-state index in [-0.39, 0.29) is 17.7 Å². The van der Waals surface area contributed by atoms with Gasteiger partial charge in [0.05, 0.1) is 12.6 Å². The van der Waals surface area contributed by atoms with Gasteiger partial charge in [0.15, 0.2) is 0 Å². The van der Waals surface area contributed by atoms with Crippen molar-refractivity contribution >= 4 is 5.91 Å². The summed E-state index contributed by atoms with van der Waals surface area (Å²) in [6.45, 7) is 0.555. The normalized spacial score (nSPS) is 16.9. The van der Waals surface area contributed by atoms with E-state index in [1.165, 1.54) is 12.1 Å². The average molecular weight is 270 g/mol. The maximum atomic E-state index is 12.2. The fourth-order valence-electron chi connectivity index (χ4n) is 2.20. The summed E-state index contributed by atoms with van der Waals surface area (Å²) >= 11 is 0. The van der Waals surface area contributed by atoms with Crippen molar-refractivity contribution in [2.75, 3.05) is 6.61 Å². The molecule has 1 amide bonds. The molecule has 0 aliphatic carbocycles. The third kappa shape index (κ3) is 2.42. The van der Waals surface area contributed by atoms with Crippen LogP contribution in [-0.4, -0.2) is 22.6 Å². The van der Waals surface area contributed by atoms with Crippen LogP contribution in [0.3, 0.4) is 0 Å². The van der Waals surface area contributed by atoms with Crippen LogP contribution in [0, 0.1) is 0 Å². The van der Waals surface area contributed by atoms with Gasteiger partial charge in [-0.1, -0.05) is 0 Å². The van der Waals surface area contributed by atoms with Gasteiger partial charge in [0.25, 0.3) is 5.91 Å². The second kappa shape index (κ2) is 5.21. The van der Waals surface area contributed by atoms with Gasteiger partial charge in [0.2, 0.25) is 0 Å². The molecule has 1 atom stereocenters. The number of ether oxygens (including phenoxy) is 1. The quantitative estimate of drug-likeness (QED) is 0.876. The Hall–Kier alpha value is -2.56. The fourth-order valence-corrected chi connectivity index (χ4v) is 2.20. The van der Waals surface area contributed by atoms with Gasteiger partial charge in [-0.2, -0.15) is 0 Å². The molecule has 102 valence electrons. The first-order chi connectivity index (χ1) is 9.74. The maximum absolute atomic E-state index is 12.2. The molecule has 1 aromatic carbocycles. The molecule has 0 spiro atoms. The van der Waals surface area contributed by atoms with Crippen LogP contribution in [0.5, 0.6) is 11.5 Å². The number of phenols is 1. The molecular weight excluding hydrogens is 256 g/mol. The first-order valence-corrected chi connectivity index (χ1v) is 6.41. The molecule has 0 fully saturated rings. The Balaban J connectivity index is 1.79. The summed E-state index contributed by atoms with van der Waals surface area (Å²) in [6.07, 6.45) is 2.38. The predicted molar refractivity (Wildman–Crippen MR) is 72.7 cm³/mol. The number of rotatable bonds is 2. The molecule has 3 rings (SSSR count). The molecule has 5 nitrogen and oxygen atoms in total. The smallest absolute Gasteiger partial charge is 0.251 e. The van der Waals surface area contributed by atoms with Crippen LogP contribution in [-0.2, 0) is 0 Å². The SMILES string of the molecule is O=C(NC1CCOc2cccnc21)c1ccc(O)cc1. The standard InChI is InChI=1S/C15H14N2O3/c18-11-5-3-10(4-6-11)15(19)17-12-7-9-20-13-2-1-8-16-14(12)13/h1-6,8,12,18H,7,9H2,(H,17,19). The van der Waals surface area contributed by atoms with Crippen LogP contribution in [0.1, 0.15) is 28.5 Å². The number of hydrogen-bond acceptors (Lipinski definition) is 4. The highest BCUT2D eigenvalue weighted by Crippen LogP contribution is 2.29. The van der Waals surface area contributed by atoms with Crippen molar-refractivity contribution in [3.05, 3.63) is 53.9 Å². The Labute approximate surface area is 116 Å². The van der Waals surface area contributed by atoms with Crippen molar-refractivity contribution in [1.29, 1.82) is 0 Å². The van der Waals surface area contributed by atoms with Crippen molar-refractivity contribution in [2.45, 2.75) is 12.5 Å². The lowest BCUT2D eigenvalue weighted by molar-refractivity contribution is 0.0923. The van der Waals surface area contributed by atoms with Gasteiger partial charge < -0.3 is 15.2 Å². The van der Waals surface area contributed by atoms with E-state index in [1.807, 2.05) is 12.1 Å². The molecule has 2 aromatic rings. The molecule has 0 saturated heterocycles. The van der Waals surface area contributed by atoms with Crippen LogP contribution in [0.2, 0.25) is 0 Å². The molecule has 1 unspecified atom stereocenters. The second-order valence-corrected chi connectivity index (χ2v) is 4.60. The zero-order valence-electron chi connectivity index (χ0n) is 10.7. The van der Waals surface area contributed by atoms with E-state index in [2.05, 4.69) is 10.3 Å². The van der Waals surface area contributed by atoms with Gasteiger partial charge in [-0.15, -0.1) is 0 Å². The van der Waals surface area contributed by atoms with Gasteiger partial charge in [-0.05, 0) is 36.4 Å². The number of fused-ring (bicyclic) bond motifs is 1. The maximum Gasteiger partial charge on any atom is 0.251 e. The molecule has 1 aliphatic heterocycles. The first-order valence-electron chi connectivity index (χ1n) is 6.41. The number of pyridine rings is 1. The number of hydrogen-bond donors (Lipinski definition) is 2. The Bertz CT molecular complexity index is 625. The number of nitrogens with zero attached hydrogens (tertiary/aromatic N) is 1. The summed E-state index contributed by atoms with van der Waals surface area (Å²) < 4.78 is 5.51. The Morgan fingerprint density at radius 3 is 2.90 bits per heavy atom. The Morgan fingerprint density at radius 1 is 1.30 bits per heavy atom. The lowest BCUT2D eigenvalue weighted by Crippen LogP contribution is -2.32. The number of aromatic nitrogens is 1. The van der Waals surface area contributed by atoms with E-state index in [9.17, 15) is 9.90 Å². The average Bonchev–Trinajstić information content (AvgIpc) is 2.48. The topological polar surface area (TPSA) is 71.5 Å². The zero-order chi connectivity index (χ0) is 13.9. The third-order valence-electron chi connectivity index (χ3n) is 3.23. The van der Waals surface area contributed by atoms with Crippen molar-refractivity contribution in [3.8, 4) is 11.5 Å². The van der Waals surface area contributed by atoms with Crippen LogP contribution >= 0.6 is 0 Å². The molecule has 2 N–H and O–H groups in total.